The Morgan fingerprint density at radius 1 is 0.962 bits per heavy atom. The van der Waals surface area contributed by atoms with Crippen molar-refractivity contribution in [3.63, 3.8) is 0 Å². The molecule has 1 unspecified atom stereocenters. The smallest absolute Gasteiger partial charge is 0.231 e. The van der Waals surface area contributed by atoms with E-state index in [1.807, 2.05) is 48.8 Å². The Morgan fingerprint density at radius 3 is 2.73 bits per heavy atom. The summed E-state index contributed by atoms with van der Waals surface area (Å²) >= 11 is 0. The minimum Gasteiger partial charge on any atom is -0.454 e. The standard InChI is InChI=1S/C21H17N3O2/c1-2-4-18-16(3-1)17(12-23-18)21(14-7-9-22-10-8-14)24-15-5-6-19-20(11-15)26-13-25-19/h1-12,21,23-24H,13H2. The lowest BCUT2D eigenvalue weighted by Crippen LogP contribution is -2.12. The van der Waals surface area contributed by atoms with E-state index in [9.17, 15) is 0 Å². The topological polar surface area (TPSA) is 59.2 Å². The fourth-order valence-corrected chi connectivity index (χ4v) is 3.38. The van der Waals surface area contributed by atoms with Crippen LogP contribution in [0.3, 0.4) is 0 Å². The molecule has 0 saturated carbocycles. The van der Waals surface area contributed by atoms with Crippen molar-refractivity contribution in [3.8, 4) is 11.5 Å². The maximum atomic E-state index is 5.51. The van der Waals surface area contributed by atoms with Gasteiger partial charge in [0.1, 0.15) is 0 Å². The van der Waals surface area contributed by atoms with Crippen molar-refractivity contribution < 1.29 is 9.47 Å². The first kappa shape index (κ1) is 14.8. The van der Waals surface area contributed by atoms with Crippen LogP contribution < -0.4 is 14.8 Å². The molecule has 0 aliphatic carbocycles. The molecule has 3 heterocycles. The van der Waals surface area contributed by atoms with Crippen LogP contribution in [0.25, 0.3) is 10.9 Å². The van der Waals surface area contributed by atoms with Crippen molar-refractivity contribution in [3.05, 3.63) is 84.3 Å². The molecule has 2 aromatic carbocycles. The van der Waals surface area contributed by atoms with E-state index in [0.717, 1.165) is 28.3 Å². The molecule has 1 aliphatic rings. The highest BCUT2D eigenvalue weighted by atomic mass is 16.7. The van der Waals surface area contributed by atoms with Gasteiger partial charge in [0.15, 0.2) is 11.5 Å². The first-order valence-electron chi connectivity index (χ1n) is 8.50. The molecule has 0 amide bonds. The Bertz CT molecular complexity index is 1060. The van der Waals surface area contributed by atoms with Crippen LogP contribution in [0.2, 0.25) is 0 Å². The molecule has 1 aliphatic heterocycles. The number of ether oxygens (including phenoxy) is 2. The van der Waals surface area contributed by atoms with Gasteiger partial charge in [0.05, 0.1) is 6.04 Å². The highest BCUT2D eigenvalue weighted by Crippen LogP contribution is 2.37. The van der Waals surface area contributed by atoms with E-state index in [0.29, 0.717) is 0 Å². The SMILES string of the molecule is c1ccc2c(C(Nc3ccc4c(c3)OCO4)c3ccncc3)c[nH]c2c1. The number of benzene rings is 2. The normalized spacial score (nSPS) is 13.7. The van der Waals surface area contributed by atoms with Gasteiger partial charge in [-0.2, -0.15) is 0 Å². The lowest BCUT2D eigenvalue weighted by molar-refractivity contribution is 0.174. The predicted octanol–water partition coefficient (Wildman–Crippen LogP) is 4.49. The van der Waals surface area contributed by atoms with Gasteiger partial charge >= 0.3 is 0 Å². The summed E-state index contributed by atoms with van der Waals surface area (Å²) in [6, 6.07) is 18.3. The van der Waals surface area contributed by atoms with Gasteiger partial charge in [-0.1, -0.05) is 18.2 Å². The van der Waals surface area contributed by atoms with E-state index in [4.69, 9.17) is 9.47 Å². The number of aromatic amines is 1. The van der Waals surface area contributed by atoms with Crippen LogP contribution in [0, 0.1) is 0 Å². The van der Waals surface area contributed by atoms with E-state index in [1.54, 1.807) is 0 Å². The molecule has 5 rings (SSSR count). The van der Waals surface area contributed by atoms with Gasteiger partial charge < -0.3 is 19.8 Å². The quantitative estimate of drug-likeness (QED) is 0.573. The predicted molar refractivity (Wildman–Crippen MR) is 101 cm³/mol. The molecule has 0 fully saturated rings. The zero-order valence-corrected chi connectivity index (χ0v) is 14.0. The van der Waals surface area contributed by atoms with Gasteiger partial charge in [-0.05, 0) is 35.9 Å². The van der Waals surface area contributed by atoms with Crippen molar-refractivity contribution in [1.82, 2.24) is 9.97 Å². The number of hydrogen-bond donors (Lipinski definition) is 2. The number of H-pyrrole nitrogens is 1. The third kappa shape index (κ3) is 2.54. The Labute approximate surface area is 150 Å². The van der Waals surface area contributed by atoms with E-state index in [1.165, 1.54) is 10.9 Å². The molecule has 5 heteroatoms. The highest BCUT2D eigenvalue weighted by molar-refractivity contribution is 5.84. The molecule has 0 radical (unpaired) electrons. The van der Waals surface area contributed by atoms with Gasteiger partial charge in [0.25, 0.3) is 0 Å². The monoisotopic (exact) mass is 343 g/mol. The average Bonchev–Trinajstić information content (AvgIpc) is 3.33. The zero-order valence-electron chi connectivity index (χ0n) is 14.0. The van der Waals surface area contributed by atoms with Crippen molar-refractivity contribution >= 4 is 16.6 Å². The van der Waals surface area contributed by atoms with Crippen LogP contribution in [0.15, 0.2) is 73.2 Å². The third-order valence-electron chi connectivity index (χ3n) is 4.66. The van der Waals surface area contributed by atoms with Crippen LogP contribution in [-0.2, 0) is 0 Å². The van der Waals surface area contributed by atoms with Gasteiger partial charge in [0.2, 0.25) is 6.79 Å². The molecule has 1 atom stereocenters. The molecule has 0 saturated heterocycles. The number of nitrogens with zero attached hydrogens (tertiary/aromatic N) is 1. The van der Waals surface area contributed by atoms with Crippen LogP contribution in [-0.4, -0.2) is 16.8 Å². The number of rotatable bonds is 4. The second kappa shape index (κ2) is 6.11. The first-order chi connectivity index (χ1) is 12.9. The fraction of sp³-hybridized carbons (Fsp3) is 0.0952. The lowest BCUT2D eigenvalue weighted by Gasteiger charge is -2.20. The summed E-state index contributed by atoms with van der Waals surface area (Å²) in [7, 11) is 0. The van der Waals surface area contributed by atoms with E-state index < -0.39 is 0 Å². The molecule has 4 aromatic rings. The average molecular weight is 343 g/mol. The number of fused-ring (bicyclic) bond motifs is 2. The lowest BCUT2D eigenvalue weighted by atomic mass is 9.98. The fourth-order valence-electron chi connectivity index (χ4n) is 3.38. The molecule has 128 valence electrons. The number of nitrogens with one attached hydrogen (secondary N) is 2. The summed E-state index contributed by atoms with van der Waals surface area (Å²) in [5.74, 6) is 1.55. The van der Waals surface area contributed by atoms with Gasteiger partial charge in [-0.25, -0.2) is 0 Å². The second-order valence-corrected chi connectivity index (χ2v) is 6.22. The maximum Gasteiger partial charge on any atom is 0.231 e. The molecule has 26 heavy (non-hydrogen) atoms. The van der Waals surface area contributed by atoms with E-state index in [2.05, 4.69) is 39.7 Å². The number of pyridine rings is 1. The summed E-state index contributed by atoms with van der Waals surface area (Å²) in [6.45, 7) is 0.273. The van der Waals surface area contributed by atoms with Crippen LogP contribution >= 0.6 is 0 Å². The molecule has 5 nitrogen and oxygen atoms in total. The molecule has 0 bridgehead atoms. The number of anilines is 1. The number of para-hydroxylation sites is 1. The minimum atomic E-state index is -0.0190. The van der Waals surface area contributed by atoms with Crippen molar-refractivity contribution in [1.29, 1.82) is 0 Å². The summed E-state index contributed by atoms with van der Waals surface area (Å²) < 4.78 is 10.9. The Morgan fingerprint density at radius 2 is 1.81 bits per heavy atom. The van der Waals surface area contributed by atoms with Crippen molar-refractivity contribution in [2.24, 2.45) is 0 Å². The molecular formula is C21H17N3O2. The maximum absolute atomic E-state index is 5.51. The Hall–Kier alpha value is -3.47. The second-order valence-electron chi connectivity index (χ2n) is 6.22. The zero-order chi connectivity index (χ0) is 17.3. The molecule has 0 spiro atoms. The van der Waals surface area contributed by atoms with Crippen LogP contribution in [0.5, 0.6) is 11.5 Å². The first-order valence-corrected chi connectivity index (χ1v) is 8.50. The van der Waals surface area contributed by atoms with Gasteiger partial charge in [0, 0.05) is 46.8 Å². The minimum absolute atomic E-state index is 0.0190. The van der Waals surface area contributed by atoms with Crippen LogP contribution in [0.4, 0.5) is 5.69 Å². The van der Waals surface area contributed by atoms with Crippen molar-refractivity contribution in [2.75, 3.05) is 12.1 Å². The molecular weight excluding hydrogens is 326 g/mol. The number of aromatic nitrogens is 2. The van der Waals surface area contributed by atoms with Gasteiger partial charge in [-0.15, -0.1) is 0 Å². The Balaban J connectivity index is 1.59. The summed E-state index contributed by atoms with van der Waals surface area (Å²) in [4.78, 5) is 7.52. The van der Waals surface area contributed by atoms with E-state index >= 15 is 0 Å². The Kier molecular flexibility index (Phi) is 3.49. The van der Waals surface area contributed by atoms with Crippen molar-refractivity contribution in [2.45, 2.75) is 6.04 Å². The third-order valence-corrected chi connectivity index (χ3v) is 4.66. The molecule has 2 N–H and O–H groups in total. The highest BCUT2D eigenvalue weighted by Gasteiger charge is 2.20. The summed E-state index contributed by atoms with van der Waals surface area (Å²) in [6.07, 6.45) is 5.70. The van der Waals surface area contributed by atoms with Gasteiger partial charge in [-0.3, -0.25) is 4.98 Å². The largest absolute Gasteiger partial charge is 0.454 e. The van der Waals surface area contributed by atoms with E-state index in [-0.39, 0.29) is 12.8 Å². The summed E-state index contributed by atoms with van der Waals surface area (Å²) in [5.41, 5.74) is 4.42. The van der Waals surface area contributed by atoms with Crippen LogP contribution in [0.1, 0.15) is 17.2 Å². The number of hydrogen-bond acceptors (Lipinski definition) is 4. The summed E-state index contributed by atoms with van der Waals surface area (Å²) in [5, 5.41) is 4.83. The molecule has 2 aromatic heterocycles.